The topological polar surface area (TPSA) is 85.6 Å². The van der Waals surface area contributed by atoms with Crippen molar-refractivity contribution in [1.29, 1.82) is 0 Å². The zero-order valence-corrected chi connectivity index (χ0v) is 20.8. The number of thioether (sulfide) groups is 1. The van der Waals surface area contributed by atoms with E-state index in [4.69, 9.17) is 0 Å². The number of nitrogens with zero attached hydrogens (tertiary/aromatic N) is 5. The Kier molecular flexibility index (Phi) is 6.69. The van der Waals surface area contributed by atoms with Gasteiger partial charge in [0.25, 0.3) is 0 Å². The van der Waals surface area contributed by atoms with Crippen LogP contribution in [0.5, 0.6) is 0 Å². The number of carbonyl (C=O) groups excluding carboxylic acids is 1. The van der Waals surface area contributed by atoms with Gasteiger partial charge in [-0.2, -0.15) is 0 Å². The molecule has 3 heterocycles. The summed E-state index contributed by atoms with van der Waals surface area (Å²) in [6.07, 6.45) is 3.49. The van der Waals surface area contributed by atoms with Crippen molar-refractivity contribution in [2.45, 2.75) is 19.0 Å². The van der Waals surface area contributed by atoms with Gasteiger partial charge in [-0.3, -0.25) is 14.3 Å². The first-order valence-corrected chi connectivity index (χ1v) is 12.8. The van der Waals surface area contributed by atoms with E-state index in [1.54, 1.807) is 23.7 Å². The molecule has 0 unspecified atom stereocenters. The molecule has 5 rings (SSSR count). The summed E-state index contributed by atoms with van der Waals surface area (Å²) in [6.45, 7) is 4.02. The molecule has 9 heteroatoms. The fourth-order valence-corrected chi connectivity index (χ4v) is 5.02. The molecule has 174 valence electrons. The first kappa shape index (κ1) is 22.9. The van der Waals surface area contributed by atoms with E-state index in [1.165, 1.54) is 11.8 Å². The van der Waals surface area contributed by atoms with Crippen LogP contribution in [-0.2, 0) is 4.79 Å². The van der Waals surface area contributed by atoms with Gasteiger partial charge in [-0.25, -0.2) is 4.98 Å². The van der Waals surface area contributed by atoms with Crippen molar-refractivity contribution in [1.82, 2.24) is 24.7 Å². The second-order valence-electron chi connectivity index (χ2n) is 7.84. The maximum atomic E-state index is 12.8. The van der Waals surface area contributed by atoms with E-state index >= 15 is 0 Å². The highest BCUT2D eigenvalue weighted by Crippen LogP contribution is 2.29. The smallest absolute Gasteiger partial charge is 0.234 e. The van der Waals surface area contributed by atoms with Crippen molar-refractivity contribution < 1.29 is 4.79 Å². The number of rotatable bonds is 7. The number of hydrogen-bond acceptors (Lipinski definition) is 7. The van der Waals surface area contributed by atoms with Crippen molar-refractivity contribution >= 4 is 34.7 Å². The SMILES string of the molecule is Cc1nc(-c2cccc(NC(=O)CSc3nnc(-c4cccnc4)n3-c3ccccc3C)c2)cs1. The lowest BCUT2D eigenvalue weighted by molar-refractivity contribution is -0.113. The minimum absolute atomic E-state index is 0.121. The predicted octanol–water partition coefficient (Wildman–Crippen LogP) is 5.80. The van der Waals surface area contributed by atoms with Crippen LogP contribution in [0.3, 0.4) is 0 Å². The molecule has 0 aliphatic rings. The maximum absolute atomic E-state index is 12.8. The van der Waals surface area contributed by atoms with Crippen molar-refractivity contribution in [2.24, 2.45) is 0 Å². The highest BCUT2D eigenvalue weighted by atomic mass is 32.2. The summed E-state index contributed by atoms with van der Waals surface area (Å²) in [5.41, 5.74) is 5.51. The maximum Gasteiger partial charge on any atom is 0.234 e. The Morgan fingerprint density at radius 1 is 1.03 bits per heavy atom. The molecule has 0 aliphatic heterocycles. The van der Waals surface area contributed by atoms with E-state index in [2.05, 4.69) is 25.5 Å². The van der Waals surface area contributed by atoms with E-state index < -0.39 is 0 Å². The highest BCUT2D eigenvalue weighted by molar-refractivity contribution is 7.99. The molecule has 0 saturated carbocycles. The number of nitrogens with one attached hydrogen (secondary N) is 1. The van der Waals surface area contributed by atoms with Crippen molar-refractivity contribution in [3.8, 4) is 28.3 Å². The molecule has 3 aromatic heterocycles. The zero-order valence-electron chi connectivity index (χ0n) is 19.2. The van der Waals surface area contributed by atoms with Crippen molar-refractivity contribution in [3.05, 3.63) is 89.0 Å². The van der Waals surface area contributed by atoms with Gasteiger partial charge >= 0.3 is 0 Å². The van der Waals surface area contributed by atoms with Crippen LogP contribution in [0.1, 0.15) is 10.6 Å². The Labute approximate surface area is 211 Å². The third-order valence-electron chi connectivity index (χ3n) is 5.30. The number of pyridine rings is 1. The number of amides is 1. The minimum atomic E-state index is -0.121. The zero-order chi connectivity index (χ0) is 24.2. The van der Waals surface area contributed by atoms with Crippen LogP contribution in [0.4, 0.5) is 5.69 Å². The van der Waals surface area contributed by atoms with E-state index in [1.807, 2.05) is 84.5 Å². The van der Waals surface area contributed by atoms with E-state index in [9.17, 15) is 4.79 Å². The van der Waals surface area contributed by atoms with Crippen LogP contribution >= 0.6 is 23.1 Å². The molecule has 0 spiro atoms. The summed E-state index contributed by atoms with van der Waals surface area (Å²) in [4.78, 5) is 21.6. The molecule has 5 aromatic rings. The van der Waals surface area contributed by atoms with E-state index in [0.717, 1.165) is 38.8 Å². The first-order valence-electron chi connectivity index (χ1n) is 11.0. The van der Waals surface area contributed by atoms with Crippen LogP contribution in [0, 0.1) is 13.8 Å². The Morgan fingerprint density at radius 2 is 1.89 bits per heavy atom. The van der Waals surface area contributed by atoms with Gasteiger partial charge in [0.1, 0.15) is 0 Å². The fourth-order valence-electron chi connectivity index (χ4n) is 3.66. The average molecular weight is 499 g/mol. The summed E-state index contributed by atoms with van der Waals surface area (Å²) < 4.78 is 1.98. The first-order chi connectivity index (χ1) is 17.1. The second-order valence-corrected chi connectivity index (χ2v) is 9.84. The predicted molar refractivity (Wildman–Crippen MR) is 141 cm³/mol. The Hall–Kier alpha value is -3.82. The molecule has 7 nitrogen and oxygen atoms in total. The van der Waals surface area contributed by atoms with Crippen LogP contribution in [-0.4, -0.2) is 36.4 Å². The number of aromatic nitrogens is 5. The third kappa shape index (κ3) is 5.16. The van der Waals surface area contributed by atoms with E-state index in [-0.39, 0.29) is 11.7 Å². The number of para-hydroxylation sites is 1. The molecule has 2 aromatic carbocycles. The lowest BCUT2D eigenvalue weighted by Gasteiger charge is -2.13. The minimum Gasteiger partial charge on any atom is -0.325 e. The standard InChI is InChI=1S/C26H22N6OS2/c1-17-7-3-4-11-23(17)32-25(20-9-6-12-27-14-20)30-31-26(32)35-16-24(33)29-21-10-5-8-19(13-21)22-15-34-18(2)28-22/h3-15H,16H2,1-2H3,(H,29,33). The summed E-state index contributed by atoms with van der Waals surface area (Å²) in [7, 11) is 0. The fraction of sp³-hybridized carbons (Fsp3) is 0.115. The van der Waals surface area contributed by atoms with Crippen LogP contribution < -0.4 is 5.32 Å². The molecule has 35 heavy (non-hydrogen) atoms. The van der Waals surface area contributed by atoms with Gasteiger partial charge in [-0.05, 0) is 49.7 Å². The molecule has 0 fully saturated rings. The van der Waals surface area contributed by atoms with E-state index in [0.29, 0.717) is 11.0 Å². The van der Waals surface area contributed by atoms with Gasteiger partial charge in [0.2, 0.25) is 5.91 Å². The molecule has 0 bridgehead atoms. The monoisotopic (exact) mass is 498 g/mol. The number of aryl methyl sites for hydroxylation is 2. The van der Waals surface area contributed by atoms with Gasteiger partial charge in [-0.15, -0.1) is 21.5 Å². The molecular formula is C26H22N6OS2. The Bertz CT molecular complexity index is 1480. The van der Waals surface area contributed by atoms with Gasteiger partial charge in [0, 0.05) is 34.6 Å². The Morgan fingerprint density at radius 3 is 2.66 bits per heavy atom. The van der Waals surface area contributed by atoms with Gasteiger partial charge in [0.15, 0.2) is 11.0 Å². The lowest BCUT2D eigenvalue weighted by Crippen LogP contribution is -2.14. The largest absolute Gasteiger partial charge is 0.325 e. The molecule has 0 atom stereocenters. The normalized spacial score (nSPS) is 10.9. The second kappa shape index (κ2) is 10.2. The molecular weight excluding hydrogens is 476 g/mol. The van der Waals surface area contributed by atoms with Gasteiger partial charge < -0.3 is 5.32 Å². The number of hydrogen-bond donors (Lipinski definition) is 1. The number of benzene rings is 2. The average Bonchev–Trinajstić information content (AvgIpc) is 3.50. The summed E-state index contributed by atoms with van der Waals surface area (Å²) in [5, 5.41) is 15.5. The third-order valence-corrected chi connectivity index (χ3v) is 7.01. The summed E-state index contributed by atoms with van der Waals surface area (Å²) in [6, 6.07) is 19.6. The number of thiazole rings is 1. The molecule has 0 radical (unpaired) electrons. The van der Waals surface area contributed by atoms with Crippen LogP contribution in [0.2, 0.25) is 0 Å². The Balaban J connectivity index is 1.36. The molecule has 1 amide bonds. The molecule has 1 N–H and O–H groups in total. The van der Waals surface area contributed by atoms with Gasteiger partial charge in [0.05, 0.1) is 22.1 Å². The van der Waals surface area contributed by atoms with Crippen molar-refractivity contribution in [3.63, 3.8) is 0 Å². The van der Waals surface area contributed by atoms with Gasteiger partial charge in [-0.1, -0.05) is 42.1 Å². The quantitative estimate of drug-likeness (QED) is 0.286. The van der Waals surface area contributed by atoms with Crippen molar-refractivity contribution in [2.75, 3.05) is 11.1 Å². The number of carbonyl (C=O) groups is 1. The highest BCUT2D eigenvalue weighted by Gasteiger charge is 2.18. The number of anilines is 1. The van der Waals surface area contributed by atoms with Crippen LogP contribution in [0.25, 0.3) is 28.3 Å². The summed E-state index contributed by atoms with van der Waals surface area (Å²) in [5.74, 6) is 0.752. The molecule has 0 saturated heterocycles. The molecule has 0 aliphatic carbocycles. The van der Waals surface area contributed by atoms with Crippen LogP contribution in [0.15, 0.2) is 83.6 Å². The summed E-state index contributed by atoms with van der Waals surface area (Å²) >= 11 is 2.95. The lowest BCUT2D eigenvalue weighted by atomic mass is 10.1.